The van der Waals surface area contributed by atoms with Crippen molar-refractivity contribution in [3.63, 3.8) is 0 Å². The number of aliphatic imine (C=N–C) groups is 1. The predicted octanol–water partition coefficient (Wildman–Crippen LogP) is 2.17. The molecule has 0 amide bonds. The third-order valence-corrected chi connectivity index (χ3v) is 4.28. The largest absolute Gasteiger partial charge is 0.383 e. The van der Waals surface area contributed by atoms with Crippen molar-refractivity contribution in [1.29, 1.82) is 0 Å². The maximum absolute atomic E-state index is 5.79. The molecule has 0 aliphatic heterocycles. The Bertz CT molecular complexity index is 510. The molecule has 8 heteroatoms. The standard InChI is InChI=1S/C17H28ClN5O.HI/c1-19-17(20-8-7-14-3-6-16(18)22-13-14)21-9-10-23(11-12-24-2)15-4-5-15;/h3,6,13,15H,4-5,7-12H2,1-2H3,(H2,19,20,21);1H. The van der Waals surface area contributed by atoms with Crippen molar-refractivity contribution in [3.05, 3.63) is 29.0 Å². The monoisotopic (exact) mass is 481 g/mol. The molecule has 0 bridgehead atoms. The van der Waals surface area contributed by atoms with Crippen molar-refractivity contribution in [2.75, 3.05) is 46.9 Å². The van der Waals surface area contributed by atoms with Crippen LogP contribution in [0.25, 0.3) is 0 Å². The number of halogens is 2. The highest BCUT2D eigenvalue weighted by Gasteiger charge is 2.28. The third kappa shape index (κ3) is 9.03. The Hall–Kier alpha value is -0.640. The second-order valence-corrected chi connectivity index (χ2v) is 6.31. The maximum atomic E-state index is 5.79. The molecule has 0 radical (unpaired) electrons. The predicted molar refractivity (Wildman–Crippen MR) is 114 cm³/mol. The number of rotatable bonds is 10. The summed E-state index contributed by atoms with van der Waals surface area (Å²) in [4.78, 5) is 10.8. The lowest BCUT2D eigenvalue weighted by atomic mass is 10.2. The van der Waals surface area contributed by atoms with Gasteiger partial charge in [0.05, 0.1) is 6.61 Å². The van der Waals surface area contributed by atoms with Gasteiger partial charge in [0.1, 0.15) is 5.15 Å². The minimum Gasteiger partial charge on any atom is -0.383 e. The van der Waals surface area contributed by atoms with E-state index in [4.69, 9.17) is 16.3 Å². The van der Waals surface area contributed by atoms with Crippen molar-refractivity contribution >= 4 is 41.5 Å². The van der Waals surface area contributed by atoms with Crippen LogP contribution in [0.5, 0.6) is 0 Å². The summed E-state index contributed by atoms with van der Waals surface area (Å²) in [6, 6.07) is 4.56. The van der Waals surface area contributed by atoms with E-state index >= 15 is 0 Å². The average molecular weight is 482 g/mol. The molecule has 1 aromatic rings. The second kappa shape index (κ2) is 12.7. The molecule has 1 aliphatic rings. The van der Waals surface area contributed by atoms with Crippen LogP contribution in [0.4, 0.5) is 0 Å². The van der Waals surface area contributed by atoms with Crippen LogP contribution in [-0.4, -0.2) is 68.8 Å². The second-order valence-electron chi connectivity index (χ2n) is 5.92. The SMILES string of the molecule is CN=C(NCCc1ccc(Cl)nc1)NCCN(CCOC)C1CC1.I. The average Bonchev–Trinajstić information content (AvgIpc) is 3.43. The zero-order valence-corrected chi connectivity index (χ0v) is 18.1. The van der Waals surface area contributed by atoms with Crippen LogP contribution in [0.2, 0.25) is 5.15 Å². The molecule has 1 aliphatic carbocycles. The van der Waals surface area contributed by atoms with E-state index in [9.17, 15) is 0 Å². The van der Waals surface area contributed by atoms with Gasteiger partial charge in [0.2, 0.25) is 0 Å². The first-order valence-corrected chi connectivity index (χ1v) is 8.88. The minimum atomic E-state index is 0. The van der Waals surface area contributed by atoms with Crippen LogP contribution in [0.15, 0.2) is 23.3 Å². The molecule has 1 heterocycles. The van der Waals surface area contributed by atoms with E-state index in [-0.39, 0.29) is 24.0 Å². The van der Waals surface area contributed by atoms with Gasteiger partial charge in [-0.1, -0.05) is 17.7 Å². The Morgan fingerprint density at radius 3 is 2.68 bits per heavy atom. The van der Waals surface area contributed by atoms with Crippen LogP contribution < -0.4 is 10.6 Å². The van der Waals surface area contributed by atoms with Gasteiger partial charge in [-0.25, -0.2) is 4.98 Å². The fraction of sp³-hybridized carbons (Fsp3) is 0.647. The Labute approximate surface area is 172 Å². The van der Waals surface area contributed by atoms with Gasteiger partial charge in [0, 0.05) is 52.6 Å². The first kappa shape index (κ1) is 22.4. The van der Waals surface area contributed by atoms with Gasteiger partial charge in [0.25, 0.3) is 0 Å². The fourth-order valence-corrected chi connectivity index (χ4v) is 2.66. The highest BCUT2D eigenvalue weighted by atomic mass is 127. The summed E-state index contributed by atoms with van der Waals surface area (Å²) in [5, 5.41) is 7.23. The molecular formula is C17H29ClIN5O. The molecule has 142 valence electrons. The lowest BCUT2D eigenvalue weighted by molar-refractivity contribution is 0.144. The molecule has 25 heavy (non-hydrogen) atoms. The number of hydrogen-bond donors (Lipinski definition) is 2. The third-order valence-electron chi connectivity index (χ3n) is 4.06. The van der Waals surface area contributed by atoms with Gasteiger partial charge in [-0.3, -0.25) is 9.89 Å². The normalized spacial score (nSPS) is 14.3. The fourth-order valence-electron chi connectivity index (χ4n) is 2.54. The number of methoxy groups -OCH3 is 1. The number of nitrogens with one attached hydrogen (secondary N) is 2. The Balaban J connectivity index is 0.00000312. The van der Waals surface area contributed by atoms with Crippen LogP contribution in [-0.2, 0) is 11.2 Å². The van der Waals surface area contributed by atoms with Gasteiger partial charge in [0.15, 0.2) is 5.96 Å². The van der Waals surface area contributed by atoms with E-state index in [1.165, 1.54) is 12.8 Å². The number of ether oxygens (including phenoxy) is 1. The van der Waals surface area contributed by atoms with E-state index in [1.54, 1.807) is 14.2 Å². The van der Waals surface area contributed by atoms with E-state index < -0.39 is 0 Å². The topological polar surface area (TPSA) is 61.8 Å². The molecular weight excluding hydrogens is 453 g/mol. The van der Waals surface area contributed by atoms with E-state index in [0.717, 1.165) is 56.8 Å². The summed E-state index contributed by atoms with van der Waals surface area (Å²) in [6.07, 6.45) is 5.31. The number of pyridine rings is 1. The van der Waals surface area contributed by atoms with Gasteiger partial charge >= 0.3 is 0 Å². The lowest BCUT2D eigenvalue weighted by Crippen LogP contribution is -2.43. The van der Waals surface area contributed by atoms with Crippen molar-refractivity contribution in [3.8, 4) is 0 Å². The molecule has 1 saturated carbocycles. The Kier molecular flexibility index (Phi) is 11.4. The van der Waals surface area contributed by atoms with E-state index in [0.29, 0.717) is 5.15 Å². The Morgan fingerprint density at radius 2 is 2.08 bits per heavy atom. The molecule has 0 saturated heterocycles. The molecule has 0 aromatic carbocycles. The zero-order chi connectivity index (χ0) is 17.2. The van der Waals surface area contributed by atoms with Crippen molar-refractivity contribution in [2.45, 2.75) is 25.3 Å². The minimum absolute atomic E-state index is 0. The van der Waals surface area contributed by atoms with Crippen LogP contribution in [0.1, 0.15) is 18.4 Å². The lowest BCUT2D eigenvalue weighted by Gasteiger charge is -2.22. The van der Waals surface area contributed by atoms with Gasteiger partial charge in [-0.2, -0.15) is 0 Å². The van der Waals surface area contributed by atoms with E-state index in [2.05, 4.69) is 25.5 Å². The smallest absolute Gasteiger partial charge is 0.191 e. The Morgan fingerprint density at radius 1 is 1.32 bits per heavy atom. The van der Waals surface area contributed by atoms with Crippen molar-refractivity contribution in [2.24, 2.45) is 4.99 Å². The summed E-state index contributed by atoms with van der Waals surface area (Å²) < 4.78 is 5.19. The molecule has 6 nitrogen and oxygen atoms in total. The van der Waals surface area contributed by atoms with Crippen LogP contribution in [0.3, 0.4) is 0 Å². The van der Waals surface area contributed by atoms with E-state index in [1.807, 2.05) is 18.3 Å². The first-order valence-electron chi connectivity index (χ1n) is 8.51. The zero-order valence-electron chi connectivity index (χ0n) is 15.0. The maximum Gasteiger partial charge on any atom is 0.191 e. The number of aromatic nitrogens is 1. The molecule has 1 fully saturated rings. The summed E-state index contributed by atoms with van der Waals surface area (Å²) in [6.45, 7) is 4.48. The highest BCUT2D eigenvalue weighted by molar-refractivity contribution is 14.0. The van der Waals surface area contributed by atoms with Crippen molar-refractivity contribution < 1.29 is 4.74 Å². The summed E-state index contributed by atoms with van der Waals surface area (Å²) in [5.74, 6) is 0.833. The molecule has 0 spiro atoms. The van der Waals surface area contributed by atoms with Crippen LogP contribution >= 0.6 is 35.6 Å². The summed E-state index contributed by atoms with van der Waals surface area (Å²) in [5.41, 5.74) is 1.15. The van der Waals surface area contributed by atoms with Gasteiger partial charge in [-0.05, 0) is 30.9 Å². The van der Waals surface area contributed by atoms with Crippen molar-refractivity contribution in [1.82, 2.24) is 20.5 Å². The summed E-state index contributed by atoms with van der Waals surface area (Å²) >= 11 is 5.79. The van der Waals surface area contributed by atoms with Gasteiger partial charge < -0.3 is 15.4 Å². The van der Waals surface area contributed by atoms with Crippen LogP contribution in [0, 0.1) is 0 Å². The first-order chi connectivity index (χ1) is 11.7. The number of guanidine groups is 1. The number of nitrogens with zero attached hydrogens (tertiary/aromatic N) is 3. The molecule has 2 rings (SSSR count). The molecule has 2 N–H and O–H groups in total. The molecule has 1 aromatic heterocycles. The molecule has 0 unspecified atom stereocenters. The number of hydrogen-bond acceptors (Lipinski definition) is 4. The highest BCUT2D eigenvalue weighted by Crippen LogP contribution is 2.25. The quantitative estimate of drug-likeness (QED) is 0.232. The summed E-state index contributed by atoms with van der Waals surface area (Å²) in [7, 11) is 3.55. The molecule has 0 atom stereocenters. The van der Waals surface area contributed by atoms with Gasteiger partial charge in [-0.15, -0.1) is 24.0 Å².